The Labute approximate surface area is 135 Å². The molecule has 0 amide bonds. The Morgan fingerprint density at radius 3 is 2.83 bits per heavy atom. The Bertz CT molecular complexity index is 533. The molecule has 0 unspecified atom stereocenters. The van der Waals surface area contributed by atoms with Crippen LogP contribution in [0.4, 0.5) is 0 Å². The van der Waals surface area contributed by atoms with E-state index in [1.54, 1.807) is 0 Å². The molecule has 0 aliphatic carbocycles. The van der Waals surface area contributed by atoms with Gasteiger partial charge in [0.25, 0.3) is 0 Å². The second-order valence-corrected chi connectivity index (χ2v) is 5.34. The third-order valence-electron chi connectivity index (χ3n) is 3.54. The molecule has 1 fully saturated rings. The van der Waals surface area contributed by atoms with Crippen molar-refractivity contribution in [1.82, 2.24) is 10.6 Å². The minimum atomic E-state index is -0.347. The first-order chi connectivity index (χ1) is 11.2. The summed E-state index contributed by atoms with van der Waals surface area (Å²) in [5, 5.41) is 6.17. The maximum Gasteiger partial charge on any atom is 0.323 e. The van der Waals surface area contributed by atoms with E-state index in [2.05, 4.69) is 17.2 Å². The van der Waals surface area contributed by atoms with Crippen LogP contribution in [0.5, 0.6) is 0 Å². The van der Waals surface area contributed by atoms with Crippen molar-refractivity contribution >= 4 is 11.9 Å². The van der Waals surface area contributed by atoms with Gasteiger partial charge in [-0.15, -0.1) is 0 Å². The number of carbonyl (C=O) groups is 2. The molecule has 1 heterocycles. The van der Waals surface area contributed by atoms with E-state index in [0.717, 1.165) is 5.56 Å². The van der Waals surface area contributed by atoms with Gasteiger partial charge in [0.15, 0.2) is 0 Å². The van der Waals surface area contributed by atoms with E-state index in [1.165, 1.54) is 6.08 Å². The van der Waals surface area contributed by atoms with Gasteiger partial charge in [-0.2, -0.15) is 0 Å². The zero-order valence-corrected chi connectivity index (χ0v) is 13.0. The van der Waals surface area contributed by atoms with Crippen molar-refractivity contribution in [2.45, 2.75) is 25.1 Å². The summed E-state index contributed by atoms with van der Waals surface area (Å²) in [7, 11) is 0. The second kappa shape index (κ2) is 9.07. The van der Waals surface area contributed by atoms with Crippen LogP contribution in [0, 0.1) is 0 Å². The van der Waals surface area contributed by atoms with Crippen LogP contribution in [-0.4, -0.2) is 43.7 Å². The first kappa shape index (κ1) is 17.2. The van der Waals surface area contributed by atoms with Gasteiger partial charge in [0.2, 0.25) is 0 Å². The molecule has 1 saturated heterocycles. The van der Waals surface area contributed by atoms with Gasteiger partial charge in [0, 0.05) is 12.6 Å². The molecule has 0 bridgehead atoms. The fourth-order valence-electron chi connectivity index (χ4n) is 2.33. The molecule has 6 nitrogen and oxygen atoms in total. The number of rotatable bonds is 8. The van der Waals surface area contributed by atoms with E-state index >= 15 is 0 Å². The fraction of sp³-hybridized carbons (Fsp3) is 0.412. The predicted molar refractivity (Wildman–Crippen MR) is 85.6 cm³/mol. The van der Waals surface area contributed by atoms with Crippen LogP contribution in [0.25, 0.3) is 0 Å². The maximum atomic E-state index is 12.0. The first-order valence-electron chi connectivity index (χ1n) is 7.63. The summed E-state index contributed by atoms with van der Waals surface area (Å²) < 4.78 is 10.2. The molecule has 2 atom stereocenters. The molecule has 0 spiro atoms. The van der Waals surface area contributed by atoms with Gasteiger partial charge in [-0.05, 0) is 12.0 Å². The molecule has 1 aliphatic rings. The van der Waals surface area contributed by atoms with Crippen LogP contribution in [0.2, 0.25) is 0 Å². The minimum absolute atomic E-state index is 0.0422. The number of hydrogen-bond acceptors (Lipinski definition) is 6. The summed E-state index contributed by atoms with van der Waals surface area (Å²) in [5.41, 5.74) is 0.957. The molecule has 124 valence electrons. The van der Waals surface area contributed by atoms with Gasteiger partial charge in [0.1, 0.15) is 19.3 Å². The maximum absolute atomic E-state index is 12.0. The Balaban J connectivity index is 1.67. The molecule has 2 N–H and O–H groups in total. The number of esters is 2. The summed E-state index contributed by atoms with van der Waals surface area (Å²) in [6.07, 6.45) is 2.11. The van der Waals surface area contributed by atoms with Crippen molar-refractivity contribution in [3.8, 4) is 0 Å². The summed E-state index contributed by atoms with van der Waals surface area (Å²) in [4.78, 5) is 23.4. The average Bonchev–Trinajstić information content (AvgIpc) is 3.06. The lowest BCUT2D eigenvalue weighted by molar-refractivity contribution is -0.147. The highest BCUT2D eigenvalue weighted by atomic mass is 16.5. The number of hydrogen-bond donors (Lipinski definition) is 2. The van der Waals surface area contributed by atoms with Crippen LogP contribution in [0.3, 0.4) is 0 Å². The topological polar surface area (TPSA) is 76.7 Å². The minimum Gasteiger partial charge on any atom is -0.461 e. The lowest BCUT2D eigenvalue weighted by Crippen LogP contribution is -2.35. The Morgan fingerprint density at radius 1 is 1.30 bits per heavy atom. The first-order valence-corrected chi connectivity index (χ1v) is 7.63. The SMILES string of the molecule is C=CCOC(=O)CN[C@H]1CN[C@H](C(=O)OCc2ccccc2)C1. The van der Waals surface area contributed by atoms with Crippen LogP contribution in [-0.2, 0) is 25.7 Å². The summed E-state index contributed by atoms with van der Waals surface area (Å²) in [6.45, 7) is 4.68. The molecule has 1 aliphatic heterocycles. The monoisotopic (exact) mass is 318 g/mol. The van der Waals surface area contributed by atoms with Crippen molar-refractivity contribution < 1.29 is 19.1 Å². The van der Waals surface area contributed by atoms with E-state index in [-0.39, 0.29) is 43.8 Å². The highest BCUT2D eigenvalue weighted by molar-refractivity contribution is 5.76. The Hall–Kier alpha value is -2.18. The van der Waals surface area contributed by atoms with Crippen LogP contribution >= 0.6 is 0 Å². The van der Waals surface area contributed by atoms with E-state index in [9.17, 15) is 9.59 Å². The quantitative estimate of drug-likeness (QED) is 0.545. The molecule has 23 heavy (non-hydrogen) atoms. The lowest BCUT2D eigenvalue weighted by atomic mass is 10.1. The average molecular weight is 318 g/mol. The Kier molecular flexibility index (Phi) is 6.77. The molecular formula is C17H22N2O4. The molecule has 0 aromatic heterocycles. The van der Waals surface area contributed by atoms with E-state index in [4.69, 9.17) is 9.47 Å². The van der Waals surface area contributed by atoms with Gasteiger partial charge in [-0.25, -0.2) is 0 Å². The number of ether oxygens (including phenoxy) is 2. The Morgan fingerprint density at radius 2 is 2.09 bits per heavy atom. The van der Waals surface area contributed by atoms with Crippen LogP contribution in [0.15, 0.2) is 43.0 Å². The molecule has 6 heteroatoms. The number of nitrogens with one attached hydrogen (secondary N) is 2. The summed E-state index contributed by atoms with van der Waals surface area (Å²) >= 11 is 0. The zero-order valence-electron chi connectivity index (χ0n) is 13.0. The predicted octanol–water partition coefficient (Wildman–Crippen LogP) is 0.779. The van der Waals surface area contributed by atoms with Gasteiger partial charge < -0.3 is 20.1 Å². The largest absolute Gasteiger partial charge is 0.461 e. The van der Waals surface area contributed by atoms with Crippen molar-refractivity contribution in [3.05, 3.63) is 48.6 Å². The van der Waals surface area contributed by atoms with E-state index in [1.807, 2.05) is 30.3 Å². The fourth-order valence-corrected chi connectivity index (χ4v) is 2.33. The molecule has 2 rings (SSSR count). The zero-order chi connectivity index (χ0) is 16.5. The molecular weight excluding hydrogens is 296 g/mol. The van der Waals surface area contributed by atoms with E-state index in [0.29, 0.717) is 13.0 Å². The van der Waals surface area contributed by atoms with Gasteiger partial charge in [0.05, 0.1) is 6.54 Å². The van der Waals surface area contributed by atoms with Crippen molar-refractivity contribution in [2.75, 3.05) is 19.7 Å². The molecule has 0 saturated carbocycles. The second-order valence-electron chi connectivity index (χ2n) is 5.34. The van der Waals surface area contributed by atoms with Crippen molar-refractivity contribution in [1.29, 1.82) is 0 Å². The van der Waals surface area contributed by atoms with Crippen LogP contribution < -0.4 is 10.6 Å². The highest BCUT2D eigenvalue weighted by Gasteiger charge is 2.30. The molecule has 1 aromatic rings. The molecule has 0 radical (unpaired) electrons. The van der Waals surface area contributed by atoms with Crippen molar-refractivity contribution in [3.63, 3.8) is 0 Å². The third kappa shape index (κ3) is 5.84. The summed E-state index contributed by atoms with van der Waals surface area (Å²) in [5.74, 6) is -0.604. The van der Waals surface area contributed by atoms with Crippen LogP contribution in [0.1, 0.15) is 12.0 Å². The van der Waals surface area contributed by atoms with E-state index < -0.39 is 0 Å². The molecule has 1 aromatic carbocycles. The van der Waals surface area contributed by atoms with Crippen molar-refractivity contribution in [2.24, 2.45) is 0 Å². The summed E-state index contributed by atoms with van der Waals surface area (Å²) in [6, 6.07) is 9.25. The van der Waals surface area contributed by atoms with Gasteiger partial charge >= 0.3 is 11.9 Å². The third-order valence-corrected chi connectivity index (χ3v) is 3.54. The highest BCUT2D eigenvalue weighted by Crippen LogP contribution is 2.10. The van der Waals surface area contributed by atoms with Gasteiger partial charge in [-0.3, -0.25) is 9.59 Å². The van der Waals surface area contributed by atoms with Gasteiger partial charge in [-0.1, -0.05) is 43.0 Å². The lowest BCUT2D eigenvalue weighted by Gasteiger charge is -2.12. The number of carbonyl (C=O) groups excluding carboxylic acids is 2. The smallest absolute Gasteiger partial charge is 0.323 e. The normalized spacial score (nSPS) is 20.0. The standard InChI is InChI=1S/C17H22N2O4/c1-2-8-22-16(20)11-18-14-9-15(19-10-14)17(21)23-12-13-6-4-3-5-7-13/h2-7,14-15,18-19H,1,8-12H2/t14-,15+/m1/s1. The number of benzene rings is 1.